The fourth-order valence-electron chi connectivity index (χ4n) is 1.16. The van der Waals surface area contributed by atoms with Crippen molar-refractivity contribution in [2.75, 3.05) is 0 Å². The molecule has 1 heterocycles. The molecule has 0 saturated carbocycles. The molecule has 0 atom stereocenters. The van der Waals surface area contributed by atoms with Gasteiger partial charge < -0.3 is 5.73 Å². The van der Waals surface area contributed by atoms with Crippen molar-refractivity contribution in [1.82, 2.24) is 9.97 Å². The SMILES string of the molecule is NCc1cnc(Sc2ccc(Cl)c(Cl)c2)cn1. The first kappa shape index (κ1) is 12.6. The van der Waals surface area contributed by atoms with Crippen LogP contribution in [0.4, 0.5) is 0 Å². The molecule has 0 fully saturated rings. The van der Waals surface area contributed by atoms with E-state index in [1.807, 2.05) is 6.07 Å². The van der Waals surface area contributed by atoms with E-state index in [1.54, 1.807) is 24.5 Å². The van der Waals surface area contributed by atoms with Crippen molar-refractivity contribution in [2.24, 2.45) is 5.73 Å². The van der Waals surface area contributed by atoms with Gasteiger partial charge in [0.15, 0.2) is 0 Å². The van der Waals surface area contributed by atoms with Gasteiger partial charge in [-0.25, -0.2) is 4.98 Å². The predicted molar refractivity (Wildman–Crippen MR) is 70.5 cm³/mol. The first-order chi connectivity index (χ1) is 8.19. The zero-order chi connectivity index (χ0) is 12.3. The van der Waals surface area contributed by atoms with E-state index in [9.17, 15) is 0 Å². The highest BCUT2D eigenvalue weighted by Gasteiger charge is 2.03. The van der Waals surface area contributed by atoms with Crippen LogP contribution >= 0.6 is 35.0 Å². The maximum atomic E-state index is 5.93. The number of nitrogens with zero attached hydrogens (tertiary/aromatic N) is 2. The summed E-state index contributed by atoms with van der Waals surface area (Å²) in [6, 6.07) is 5.44. The predicted octanol–water partition coefficient (Wildman–Crippen LogP) is 3.39. The van der Waals surface area contributed by atoms with Gasteiger partial charge in [-0.05, 0) is 18.2 Å². The molecule has 0 radical (unpaired) electrons. The monoisotopic (exact) mass is 285 g/mol. The molecule has 2 N–H and O–H groups in total. The molecule has 0 unspecified atom stereocenters. The van der Waals surface area contributed by atoms with Crippen molar-refractivity contribution in [1.29, 1.82) is 0 Å². The van der Waals surface area contributed by atoms with Gasteiger partial charge in [0, 0.05) is 11.4 Å². The highest BCUT2D eigenvalue weighted by molar-refractivity contribution is 7.99. The van der Waals surface area contributed by atoms with Gasteiger partial charge in [-0.15, -0.1) is 0 Å². The normalized spacial score (nSPS) is 10.5. The molecule has 0 spiro atoms. The molecule has 0 aliphatic heterocycles. The van der Waals surface area contributed by atoms with Crippen LogP contribution in [0.25, 0.3) is 0 Å². The number of hydrogen-bond acceptors (Lipinski definition) is 4. The maximum Gasteiger partial charge on any atom is 0.119 e. The first-order valence-electron chi connectivity index (χ1n) is 4.83. The van der Waals surface area contributed by atoms with Crippen LogP contribution in [0.5, 0.6) is 0 Å². The van der Waals surface area contributed by atoms with Gasteiger partial charge in [-0.3, -0.25) is 4.98 Å². The Kier molecular flexibility index (Phi) is 4.23. The Morgan fingerprint density at radius 3 is 2.53 bits per heavy atom. The Labute approximate surface area is 113 Å². The van der Waals surface area contributed by atoms with Gasteiger partial charge in [-0.2, -0.15) is 0 Å². The molecule has 3 nitrogen and oxygen atoms in total. The quantitative estimate of drug-likeness (QED) is 0.939. The summed E-state index contributed by atoms with van der Waals surface area (Å²) >= 11 is 13.2. The third-order valence-electron chi connectivity index (χ3n) is 2.00. The summed E-state index contributed by atoms with van der Waals surface area (Å²) in [6.07, 6.45) is 3.36. The van der Waals surface area contributed by atoms with Crippen LogP contribution in [0.2, 0.25) is 10.0 Å². The molecule has 6 heteroatoms. The van der Waals surface area contributed by atoms with Crippen LogP contribution in [0, 0.1) is 0 Å². The minimum absolute atomic E-state index is 0.394. The lowest BCUT2D eigenvalue weighted by Crippen LogP contribution is -1.99. The van der Waals surface area contributed by atoms with Gasteiger partial charge in [0.05, 0.1) is 28.1 Å². The fraction of sp³-hybridized carbons (Fsp3) is 0.0909. The van der Waals surface area contributed by atoms with Crippen LogP contribution < -0.4 is 5.73 Å². The molecule has 2 aromatic rings. The Morgan fingerprint density at radius 1 is 1.12 bits per heavy atom. The lowest BCUT2D eigenvalue weighted by Gasteiger charge is -2.03. The minimum Gasteiger partial charge on any atom is -0.325 e. The van der Waals surface area contributed by atoms with Gasteiger partial charge in [0.1, 0.15) is 5.03 Å². The standard InChI is InChI=1S/C11H9Cl2N3S/c12-9-2-1-8(3-10(9)13)17-11-6-15-7(4-14)5-16-11/h1-3,5-6H,4,14H2. The third kappa shape index (κ3) is 3.33. The van der Waals surface area contributed by atoms with Crippen molar-refractivity contribution >= 4 is 35.0 Å². The van der Waals surface area contributed by atoms with Crippen molar-refractivity contribution in [3.8, 4) is 0 Å². The molecule has 0 bridgehead atoms. The van der Waals surface area contributed by atoms with E-state index in [0.717, 1.165) is 15.6 Å². The largest absolute Gasteiger partial charge is 0.325 e. The Balaban J connectivity index is 2.16. The smallest absolute Gasteiger partial charge is 0.119 e. The van der Waals surface area contributed by atoms with Crippen LogP contribution in [-0.4, -0.2) is 9.97 Å². The molecule has 0 saturated heterocycles. The van der Waals surface area contributed by atoms with Crippen molar-refractivity contribution in [3.63, 3.8) is 0 Å². The zero-order valence-corrected chi connectivity index (χ0v) is 11.1. The zero-order valence-electron chi connectivity index (χ0n) is 8.73. The van der Waals surface area contributed by atoms with E-state index in [0.29, 0.717) is 16.6 Å². The number of aromatic nitrogens is 2. The van der Waals surface area contributed by atoms with Crippen molar-refractivity contribution in [2.45, 2.75) is 16.5 Å². The van der Waals surface area contributed by atoms with Gasteiger partial charge in [-0.1, -0.05) is 35.0 Å². The van der Waals surface area contributed by atoms with E-state index >= 15 is 0 Å². The fourth-order valence-corrected chi connectivity index (χ4v) is 2.29. The number of benzene rings is 1. The topological polar surface area (TPSA) is 51.8 Å². The average molecular weight is 286 g/mol. The molecule has 1 aromatic carbocycles. The summed E-state index contributed by atoms with van der Waals surface area (Å²) in [7, 11) is 0. The van der Waals surface area contributed by atoms with E-state index in [4.69, 9.17) is 28.9 Å². The van der Waals surface area contributed by atoms with Crippen molar-refractivity contribution in [3.05, 3.63) is 46.3 Å². The molecule has 1 aromatic heterocycles. The average Bonchev–Trinajstić information content (AvgIpc) is 2.35. The Morgan fingerprint density at radius 2 is 1.94 bits per heavy atom. The summed E-state index contributed by atoms with van der Waals surface area (Å²) in [4.78, 5) is 9.37. The van der Waals surface area contributed by atoms with Gasteiger partial charge >= 0.3 is 0 Å². The second kappa shape index (κ2) is 5.69. The Bertz CT molecular complexity index is 517. The molecule has 88 valence electrons. The lowest BCUT2D eigenvalue weighted by atomic mass is 10.4. The molecule has 0 aliphatic rings. The van der Waals surface area contributed by atoms with Crippen LogP contribution in [0.3, 0.4) is 0 Å². The van der Waals surface area contributed by atoms with Crippen molar-refractivity contribution < 1.29 is 0 Å². The van der Waals surface area contributed by atoms with Gasteiger partial charge in [0.2, 0.25) is 0 Å². The summed E-state index contributed by atoms with van der Waals surface area (Å²) in [5, 5.41) is 1.87. The molecular formula is C11H9Cl2N3S. The molecule has 17 heavy (non-hydrogen) atoms. The Hall–Kier alpha value is -0.810. The second-order valence-corrected chi connectivity index (χ2v) is 5.14. The summed E-state index contributed by atoms with van der Waals surface area (Å²) in [6.45, 7) is 0.394. The molecule has 0 aliphatic carbocycles. The van der Waals surface area contributed by atoms with E-state index < -0.39 is 0 Å². The first-order valence-corrected chi connectivity index (χ1v) is 6.40. The molecule has 0 amide bonds. The number of hydrogen-bond donors (Lipinski definition) is 1. The maximum absolute atomic E-state index is 5.93. The number of nitrogens with two attached hydrogens (primary N) is 1. The second-order valence-electron chi connectivity index (χ2n) is 3.23. The van der Waals surface area contributed by atoms with Gasteiger partial charge in [0.25, 0.3) is 0 Å². The summed E-state index contributed by atoms with van der Waals surface area (Å²) < 4.78 is 0. The van der Waals surface area contributed by atoms with Crippen LogP contribution in [0.15, 0.2) is 40.5 Å². The highest BCUT2D eigenvalue weighted by Crippen LogP contribution is 2.31. The summed E-state index contributed by atoms with van der Waals surface area (Å²) in [5.74, 6) is 0. The van der Waals surface area contributed by atoms with E-state index in [1.165, 1.54) is 11.8 Å². The lowest BCUT2D eigenvalue weighted by molar-refractivity contribution is 0.923. The number of rotatable bonds is 3. The van der Waals surface area contributed by atoms with Crippen LogP contribution in [-0.2, 0) is 6.54 Å². The summed E-state index contributed by atoms with van der Waals surface area (Å²) in [5.41, 5.74) is 6.21. The minimum atomic E-state index is 0.394. The highest BCUT2D eigenvalue weighted by atomic mass is 35.5. The van der Waals surface area contributed by atoms with Crippen LogP contribution in [0.1, 0.15) is 5.69 Å². The van der Waals surface area contributed by atoms with E-state index in [-0.39, 0.29) is 0 Å². The molecular weight excluding hydrogens is 277 g/mol. The number of halogens is 2. The molecule has 2 rings (SSSR count). The third-order valence-corrected chi connectivity index (χ3v) is 3.65. The van der Waals surface area contributed by atoms with E-state index in [2.05, 4.69) is 9.97 Å².